The summed E-state index contributed by atoms with van der Waals surface area (Å²) in [6.45, 7) is 17.0. The topological polar surface area (TPSA) is 13.6 Å². The lowest BCUT2D eigenvalue weighted by Gasteiger charge is -2.44. The highest BCUT2D eigenvalue weighted by molar-refractivity contribution is 7.81. The van der Waals surface area contributed by atoms with Crippen LogP contribution in [0.5, 0.6) is 0 Å². The molecule has 0 aliphatic heterocycles. The van der Waals surface area contributed by atoms with Crippen molar-refractivity contribution in [1.29, 1.82) is 0 Å². The molecule has 0 N–H and O–H groups in total. The van der Waals surface area contributed by atoms with Crippen LogP contribution < -0.4 is 10.4 Å². The predicted molar refractivity (Wildman–Crippen MR) is 117 cm³/mol. The Bertz CT molecular complexity index is 693. The third-order valence-electron chi connectivity index (χ3n) is 4.78. The third-order valence-corrected chi connectivity index (χ3v) is 10.1. The molecule has 0 amide bonds. The van der Waals surface area contributed by atoms with Crippen molar-refractivity contribution in [2.75, 3.05) is 13.2 Å². The van der Waals surface area contributed by atoms with Crippen LogP contribution in [0, 0.1) is 6.57 Å². The summed E-state index contributed by atoms with van der Waals surface area (Å²) < 4.78 is 6.57. The number of benzene rings is 2. The largest absolute Gasteiger partial charge is 0.406 e. The number of hydrogen-bond acceptors (Lipinski definition) is 2. The fourth-order valence-corrected chi connectivity index (χ4v) is 8.37. The number of hydrogen-bond donors (Lipinski definition) is 1. The maximum absolute atomic E-state index is 7.06. The quantitative estimate of drug-likeness (QED) is 0.420. The Kier molecular flexibility index (Phi) is 6.73. The first-order valence-corrected chi connectivity index (χ1v) is 11.4. The molecule has 0 heterocycles. The first kappa shape index (κ1) is 20.8. The van der Waals surface area contributed by atoms with Gasteiger partial charge in [0.15, 0.2) is 0 Å². The van der Waals surface area contributed by atoms with Gasteiger partial charge in [-0.1, -0.05) is 81.4 Å². The summed E-state index contributed by atoms with van der Waals surface area (Å²) in [6.07, 6.45) is 0.720. The Morgan fingerprint density at radius 2 is 1.38 bits per heavy atom. The van der Waals surface area contributed by atoms with Crippen LogP contribution in [0.4, 0.5) is 0 Å². The number of rotatable bonds is 7. The van der Waals surface area contributed by atoms with Crippen molar-refractivity contribution in [3.05, 3.63) is 72.1 Å². The average Bonchev–Trinajstić information content (AvgIpc) is 2.61. The Balaban J connectivity index is 2.53. The molecule has 0 saturated heterocycles. The maximum Gasteiger partial charge on any atom is 0.261 e. The summed E-state index contributed by atoms with van der Waals surface area (Å²) >= 11 is 4.81. The van der Waals surface area contributed by atoms with Crippen LogP contribution >= 0.6 is 12.6 Å². The monoisotopic (exact) mass is 383 g/mol. The number of thiol groups is 1. The van der Waals surface area contributed by atoms with E-state index in [0.29, 0.717) is 13.2 Å². The Hall–Kier alpha value is -1.54. The van der Waals surface area contributed by atoms with E-state index in [-0.39, 0.29) is 9.79 Å². The minimum Gasteiger partial charge on any atom is -0.406 e. The van der Waals surface area contributed by atoms with Gasteiger partial charge in [0, 0.05) is 17.8 Å². The summed E-state index contributed by atoms with van der Waals surface area (Å²) in [5, 5.41) is 2.50. The van der Waals surface area contributed by atoms with Gasteiger partial charge in [-0.25, -0.2) is 6.57 Å². The molecule has 1 unspecified atom stereocenters. The molecule has 0 aliphatic rings. The second-order valence-electron chi connectivity index (χ2n) is 8.08. The molecule has 2 nitrogen and oxygen atoms in total. The van der Waals surface area contributed by atoms with E-state index in [2.05, 4.69) is 93.2 Å². The Labute approximate surface area is 165 Å². The molecule has 26 heavy (non-hydrogen) atoms. The average molecular weight is 384 g/mol. The van der Waals surface area contributed by atoms with Gasteiger partial charge in [0.25, 0.3) is 8.32 Å². The minimum absolute atomic E-state index is 0.0423. The lowest BCUT2D eigenvalue weighted by atomic mass is 10.1. The molecule has 2 aromatic rings. The molecule has 2 aromatic carbocycles. The second kappa shape index (κ2) is 8.43. The third kappa shape index (κ3) is 4.59. The van der Waals surface area contributed by atoms with Crippen molar-refractivity contribution < 1.29 is 4.43 Å². The molecule has 4 heteroatoms. The summed E-state index contributed by atoms with van der Waals surface area (Å²) in [4.78, 5) is 3.49. The maximum atomic E-state index is 7.06. The van der Waals surface area contributed by atoms with Gasteiger partial charge in [-0.05, 0) is 22.3 Å². The van der Waals surface area contributed by atoms with E-state index in [0.717, 1.165) is 6.42 Å². The van der Waals surface area contributed by atoms with Gasteiger partial charge in [-0.2, -0.15) is 12.6 Å². The highest BCUT2D eigenvalue weighted by atomic mass is 32.1. The smallest absolute Gasteiger partial charge is 0.261 e. The van der Waals surface area contributed by atoms with Crippen molar-refractivity contribution in [1.82, 2.24) is 0 Å². The number of nitrogens with zero attached hydrogens (tertiary/aromatic N) is 1. The van der Waals surface area contributed by atoms with Gasteiger partial charge in [0.1, 0.15) is 0 Å². The van der Waals surface area contributed by atoms with Gasteiger partial charge >= 0.3 is 0 Å². The van der Waals surface area contributed by atoms with E-state index in [1.165, 1.54) is 10.4 Å². The van der Waals surface area contributed by atoms with Crippen LogP contribution in [-0.2, 0) is 4.43 Å². The van der Waals surface area contributed by atoms with Crippen LogP contribution in [0.25, 0.3) is 4.85 Å². The van der Waals surface area contributed by atoms with Crippen molar-refractivity contribution in [3.63, 3.8) is 0 Å². The normalized spacial score (nSPS) is 14.5. The second-order valence-corrected chi connectivity index (χ2v) is 13.5. The van der Waals surface area contributed by atoms with Gasteiger partial charge < -0.3 is 9.27 Å². The van der Waals surface area contributed by atoms with Crippen molar-refractivity contribution in [2.24, 2.45) is 0 Å². The van der Waals surface area contributed by atoms with Crippen LogP contribution in [0.3, 0.4) is 0 Å². The summed E-state index contributed by atoms with van der Waals surface area (Å²) in [7, 11) is -2.52. The van der Waals surface area contributed by atoms with E-state index in [4.69, 9.17) is 23.6 Å². The van der Waals surface area contributed by atoms with Gasteiger partial charge in [-0.3, -0.25) is 0 Å². The van der Waals surface area contributed by atoms with Crippen LogP contribution in [0.15, 0.2) is 60.7 Å². The molecule has 0 spiro atoms. The fraction of sp³-hybridized carbons (Fsp3) is 0.409. The SMILES string of the molecule is [C-]#[N+]CCC(C)(S)CO[Si](c1ccccc1)(c1ccccc1)C(C)(C)C. The molecule has 0 aromatic heterocycles. The van der Waals surface area contributed by atoms with E-state index in [1.54, 1.807) is 0 Å². The standard InChI is InChI=1S/C22H29NOSSi/c1-21(2,3)26(19-12-8-6-9-13-19,20-14-10-7-11-15-20)24-18-22(4,25)16-17-23-5/h6-15,25H,16-18H2,1-4H3. The fourth-order valence-electron chi connectivity index (χ4n) is 3.39. The molecule has 138 valence electrons. The van der Waals surface area contributed by atoms with Gasteiger partial charge in [0.2, 0.25) is 6.54 Å². The zero-order chi connectivity index (χ0) is 19.3. The molecule has 0 aliphatic carbocycles. The minimum atomic E-state index is -2.52. The first-order valence-electron chi connectivity index (χ1n) is 9.03. The Morgan fingerprint density at radius 3 is 1.77 bits per heavy atom. The van der Waals surface area contributed by atoms with Crippen LogP contribution in [0.2, 0.25) is 5.04 Å². The molecule has 1 atom stereocenters. The highest BCUT2D eigenvalue weighted by Crippen LogP contribution is 2.37. The zero-order valence-electron chi connectivity index (χ0n) is 16.2. The molecular formula is C22H29NOSSi. The summed E-state index contributed by atoms with van der Waals surface area (Å²) in [5.74, 6) is 0. The van der Waals surface area contributed by atoms with E-state index >= 15 is 0 Å². The van der Waals surface area contributed by atoms with Crippen molar-refractivity contribution >= 4 is 31.3 Å². The predicted octanol–water partition coefficient (Wildman–Crippen LogP) is 4.56. The highest BCUT2D eigenvalue weighted by Gasteiger charge is 2.50. The van der Waals surface area contributed by atoms with Crippen molar-refractivity contribution in [3.8, 4) is 0 Å². The molecule has 0 radical (unpaired) electrons. The molecule has 0 saturated carbocycles. The first-order chi connectivity index (χ1) is 12.2. The van der Waals surface area contributed by atoms with Crippen LogP contribution in [0.1, 0.15) is 34.1 Å². The molecule has 2 rings (SSSR count). The zero-order valence-corrected chi connectivity index (χ0v) is 18.1. The van der Waals surface area contributed by atoms with E-state index in [1.807, 2.05) is 0 Å². The lowest BCUT2D eigenvalue weighted by molar-refractivity contribution is 0.260. The van der Waals surface area contributed by atoms with Crippen molar-refractivity contribution in [2.45, 2.75) is 43.9 Å². The summed E-state index contributed by atoms with van der Waals surface area (Å²) in [5.41, 5.74) is 0. The molecule has 0 bridgehead atoms. The lowest BCUT2D eigenvalue weighted by Crippen LogP contribution is -2.67. The Morgan fingerprint density at radius 1 is 0.923 bits per heavy atom. The van der Waals surface area contributed by atoms with E-state index < -0.39 is 8.32 Å². The van der Waals surface area contributed by atoms with Gasteiger partial charge in [0.05, 0.1) is 0 Å². The van der Waals surface area contributed by atoms with Crippen LogP contribution in [-0.4, -0.2) is 26.2 Å². The molecule has 0 fully saturated rings. The van der Waals surface area contributed by atoms with E-state index in [9.17, 15) is 0 Å². The van der Waals surface area contributed by atoms with Gasteiger partial charge in [-0.15, -0.1) is 0 Å². The summed E-state index contributed by atoms with van der Waals surface area (Å²) in [6, 6.07) is 21.2. The molecular weight excluding hydrogens is 354 g/mol.